The minimum absolute atomic E-state index is 0.0957. The zero-order valence-corrected chi connectivity index (χ0v) is 15.2. The molecule has 9 heteroatoms. The Hall–Kier alpha value is -4.01. The maximum atomic E-state index is 11.2. The van der Waals surface area contributed by atoms with Gasteiger partial charge in [0.15, 0.2) is 0 Å². The Balaban J connectivity index is 1.81. The molecule has 28 heavy (non-hydrogen) atoms. The molecule has 9 nitrogen and oxygen atoms in total. The Morgan fingerprint density at radius 1 is 1.29 bits per heavy atom. The van der Waals surface area contributed by atoms with Crippen molar-refractivity contribution in [2.45, 2.75) is 13.8 Å². The van der Waals surface area contributed by atoms with Gasteiger partial charge in [0.05, 0.1) is 16.7 Å². The zero-order chi connectivity index (χ0) is 20.3. The van der Waals surface area contributed by atoms with Crippen LogP contribution in [0.1, 0.15) is 27.3 Å². The molecule has 142 valence electrons. The molecule has 0 fully saturated rings. The van der Waals surface area contributed by atoms with E-state index in [0.29, 0.717) is 5.82 Å². The van der Waals surface area contributed by atoms with Crippen molar-refractivity contribution in [2.24, 2.45) is 5.10 Å². The molecular formula is C19H17N5O4. The summed E-state index contributed by atoms with van der Waals surface area (Å²) in [5.41, 5.74) is 6.25. The van der Waals surface area contributed by atoms with E-state index < -0.39 is 10.9 Å². The van der Waals surface area contributed by atoms with Crippen LogP contribution in [0.5, 0.6) is 0 Å². The van der Waals surface area contributed by atoms with Gasteiger partial charge in [0, 0.05) is 28.7 Å². The third-order valence-electron chi connectivity index (χ3n) is 4.16. The molecule has 3 rings (SSSR count). The second kappa shape index (κ2) is 7.70. The van der Waals surface area contributed by atoms with Crippen LogP contribution in [0.2, 0.25) is 0 Å². The Kier molecular flexibility index (Phi) is 5.16. The first-order valence-electron chi connectivity index (χ1n) is 8.29. The van der Waals surface area contributed by atoms with E-state index >= 15 is 0 Å². The molecule has 2 heterocycles. The molecule has 0 amide bonds. The second-order valence-electron chi connectivity index (χ2n) is 6.05. The number of rotatable bonds is 6. The lowest BCUT2D eigenvalue weighted by Gasteiger charge is -2.10. The van der Waals surface area contributed by atoms with Gasteiger partial charge in [0.2, 0.25) is 0 Å². The molecule has 0 atom stereocenters. The van der Waals surface area contributed by atoms with Crippen LogP contribution in [0.25, 0.3) is 5.69 Å². The standard InChI is InChI=1S/C19H17N5O4/c1-12-8-15(10-21-22-18-7-6-17(11-20-18)24(27)28)13(2)23(12)16-5-3-4-14(9-16)19(25)26/h3-11H,1-2H3,(H,20,22)(H,25,26). The van der Waals surface area contributed by atoms with E-state index in [9.17, 15) is 20.0 Å². The minimum Gasteiger partial charge on any atom is -0.478 e. The average Bonchev–Trinajstić information content (AvgIpc) is 2.95. The number of carboxylic acid groups (broad SMARTS) is 1. The highest BCUT2D eigenvalue weighted by atomic mass is 16.6. The lowest BCUT2D eigenvalue weighted by atomic mass is 10.2. The van der Waals surface area contributed by atoms with Crippen molar-refractivity contribution in [3.05, 3.63) is 81.3 Å². The minimum atomic E-state index is -0.981. The molecule has 0 radical (unpaired) electrons. The van der Waals surface area contributed by atoms with Crippen LogP contribution in [0.3, 0.4) is 0 Å². The number of carbonyl (C=O) groups is 1. The molecule has 0 saturated carbocycles. The third kappa shape index (κ3) is 3.88. The van der Waals surface area contributed by atoms with E-state index in [2.05, 4.69) is 15.5 Å². The normalized spacial score (nSPS) is 10.9. The van der Waals surface area contributed by atoms with Crippen LogP contribution >= 0.6 is 0 Å². The van der Waals surface area contributed by atoms with Crippen molar-refractivity contribution in [3.8, 4) is 5.69 Å². The summed E-state index contributed by atoms with van der Waals surface area (Å²) in [5, 5.41) is 24.0. The van der Waals surface area contributed by atoms with Gasteiger partial charge in [-0.05, 0) is 44.2 Å². The number of carboxylic acids is 1. The predicted octanol–water partition coefficient (Wildman–Crippen LogP) is 3.54. The van der Waals surface area contributed by atoms with Crippen LogP contribution in [0.4, 0.5) is 11.5 Å². The highest BCUT2D eigenvalue weighted by Crippen LogP contribution is 2.21. The number of hydrogen-bond acceptors (Lipinski definition) is 6. The molecule has 0 saturated heterocycles. The zero-order valence-electron chi connectivity index (χ0n) is 15.2. The number of anilines is 1. The van der Waals surface area contributed by atoms with E-state index in [4.69, 9.17) is 0 Å². The SMILES string of the molecule is Cc1cc(C=NNc2ccc([N+](=O)[O-])cn2)c(C)n1-c1cccc(C(=O)O)c1. The Labute approximate surface area is 160 Å². The van der Waals surface area contributed by atoms with Crippen LogP contribution in [0, 0.1) is 24.0 Å². The molecule has 1 aromatic carbocycles. The predicted molar refractivity (Wildman–Crippen MR) is 104 cm³/mol. The summed E-state index contributed by atoms with van der Waals surface area (Å²) in [4.78, 5) is 25.3. The van der Waals surface area contributed by atoms with Gasteiger partial charge in [-0.3, -0.25) is 15.5 Å². The van der Waals surface area contributed by atoms with Gasteiger partial charge >= 0.3 is 5.97 Å². The van der Waals surface area contributed by atoms with Crippen LogP contribution in [0.15, 0.2) is 53.8 Å². The van der Waals surface area contributed by atoms with Gasteiger partial charge in [-0.1, -0.05) is 6.07 Å². The van der Waals surface area contributed by atoms with Crippen LogP contribution in [-0.2, 0) is 0 Å². The average molecular weight is 379 g/mol. The first-order valence-corrected chi connectivity index (χ1v) is 8.29. The Bertz CT molecular complexity index is 1070. The fourth-order valence-corrected chi connectivity index (χ4v) is 2.82. The van der Waals surface area contributed by atoms with Crippen LogP contribution in [-0.4, -0.2) is 31.8 Å². The molecule has 0 aliphatic carbocycles. The lowest BCUT2D eigenvalue weighted by Crippen LogP contribution is -2.03. The van der Waals surface area contributed by atoms with Gasteiger partial charge in [-0.2, -0.15) is 5.10 Å². The number of nitrogens with zero attached hydrogens (tertiary/aromatic N) is 4. The Morgan fingerprint density at radius 2 is 2.07 bits per heavy atom. The van der Waals surface area contributed by atoms with E-state index in [1.807, 2.05) is 30.5 Å². The number of aryl methyl sites for hydroxylation is 1. The van der Waals surface area contributed by atoms with Crippen molar-refractivity contribution in [2.75, 3.05) is 5.43 Å². The van der Waals surface area contributed by atoms with Gasteiger partial charge in [0.25, 0.3) is 5.69 Å². The molecule has 0 aliphatic rings. The number of hydrazone groups is 1. The number of aromatic carboxylic acids is 1. The number of nitro groups is 1. The third-order valence-corrected chi connectivity index (χ3v) is 4.16. The smallest absolute Gasteiger partial charge is 0.335 e. The van der Waals surface area contributed by atoms with Gasteiger partial charge in [-0.25, -0.2) is 9.78 Å². The summed E-state index contributed by atoms with van der Waals surface area (Å²) < 4.78 is 1.94. The molecule has 0 spiro atoms. The highest BCUT2D eigenvalue weighted by molar-refractivity contribution is 5.88. The largest absolute Gasteiger partial charge is 0.478 e. The van der Waals surface area contributed by atoms with Crippen LogP contribution < -0.4 is 5.43 Å². The fraction of sp³-hybridized carbons (Fsp3) is 0.105. The monoisotopic (exact) mass is 379 g/mol. The van der Waals surface area contributed by atoms with E-state index in [1.165, 1.54) is 12.1 Å². The van der Waals surface area contributed by atoms with Crippen molar-refractivity contribution in [1.29, 1.82) is 0 Å². The summed E-state index contributed by atoms with van der Waals surface area (Å²) in [6, 6.07) is 11.4. The van der Waals surface area contributed by atoms with Crippen molar-refractivity contribution in [1.82, 2.24) is 9.55 Å². The summed E-state index contributed by atoms with van der Waals surface area (Å²) in [7, 11) is 0. The van der Waals surface area contributed by atoms with Crippen molar-refractivity contribution >= 4 is 23.7 Å². The van der Waals surface area contributed by atoms with E-state index in [0.717, 1.165) is 28.8 Å². The number of aromatic nitrogens is 2. The first-order chi connectivity index (χ1) is 13.4. The second-order valence-corrected chi connectivity index (χ2v) is 6.05. The summed E-state index contributed by atoms with van der Waals surface area (Å²) >= 11 is 0. The number of pyridine rings is 1. The van der Waals surface area contributed by atoms with E-state index in [1.54, 1.807) is 24.4 Å². The maximum absolute atomic E-state index is 11.2. The lowest BCUT2D eigenvalue weighted by molar-refractivity contribution is -0.385. The Morgan fingerprint density at radius 3 is 2.71 bits per heavy atom. The highest BCUT2D eigenvalue weighted by Gasteiger charge is 2.11. The molecule has 2 aromatic heterocycles. The number of nitrogens with one attached hydrogen (secondary N) is 1. The molecule has 2 N–H and O–H groups in total. The summed E-state index contributed by atoms with van der Waals surface area (Å²) in [6.07, 6.45) is 2.77. The number of hydrogen-bond donors (Lipinski definition) is 2. The van der Waals surface area contributed by atoms with Gasteiger partial charge in [-0.15, -0.1) is 0 Å². The topological polar surface area (TPSA) is 123 Å². The summed E-state index contributed by atoms with van der Waals surface area (Å²) in [5.74, 6) is -0.601. The van der Waals surface area contributed by atoms with Crippen molar-refractivity contribution in [3.63, 3.8) is 0 Å². The molecule has 0 unspecified atom stereocenters. The quantitative estimate of drug-likeness (QED) is 0.384. The maximum Gasteiger partial charge on any atom is 0.335 e. The van der Waals surface area contributed by atoms with Gasteiger partial charge < -0.3 is 9.67 Å². The summed E-state index contributed by atoms with van der Waals surface area (Å²) in [6.45, 7) is 3.83. The fourth-order valence-electron chi connectivity index (χ4n) is 2.82. The number of benzene rings is 1. The molecule has 0 aliphatic heterocycles. The molecular weight excluding hydrogens is 362 g/mol. The molecule has 3 aromatic rings. The first kappa shape index (κ1) is 18.8. The molecule has 0 bridgehead atoms. The van der Waals surface area contributed by atoms with Gasteiger partial charge in [0.1, 0.15) is 12.0 Å². The van der Waals surface area contributed by atoms with E-state index in [-0.39, 0.29) is 11.3 Å². The van der Waals surface area contributed by atoms with Crippen molar-refractivity contribution < 1.29 is 14.8 Å².